The predicted octanol–water partition coefficient (Wildman–Crippen LogP) is -0.345. The highest BCUT2D eigenvalue weighted by atomic mass is 33.1. The maximum absolute atomic E-state index is 10.8. The molecule has 0 aromatic heterocycles. The van der Waals surface area contributed by atoms with Crippen molar-refractivity contribution in [1.82, 2.24) is 0 Å². The summed E-state index contributed by atoms with van der Waals surface area (Å²) in [6.45, 7) is 0. The zero-order valence-electron chi connectivity index (χ0n) is 6.68. The van der Waals surface area contributed by atoms with Gasteiger partial charge < -0.3 is 0 Å². The van der Waals surface area contributed by atoms with E-state index in [2.05, 4.69) is 4.18 Å². The van der Waals surface area contributed by atoms with Gasteiger partial charge in [-0.1, -0.05) is 0 Å². The fourth-order valence-corrected chi connectivity index (χ4v) is 3.45. The molecule has 0 amide bonds. The molecule has 0 unspecified atom stereocenters. The molecule has 5 nitrogen and oxygen atoms in total. The van der Waals surface area contributed by atoms with Crippen molar-refractivity contribution in [2.24, 2.45) is 0 Å². The maximum Gasteiger partial charge on any atom is 0.268 e. The summed E-state index contributed by atoms with van der Waals surface area (Å²) in [6.07, 6.45) is 1.38. The van der Waals surface area contributed by atoms with E-state index in [1.807, 2.05) is 0 Å². The molecule has 0 spiro atoms. The quantitative estimate of drug-likeness (QED) is 0.478. The van der Waals surface area contributed by atoms with Crippen LogP contribution in [0.2, 0.25) is 0 Å². The van der Waals surface area contributed by atoms with Crippen molar-refractivity contribution in [2.45, 2.75) is 0 Å². The van der Waals surface area contributed by atoms with E-state index in [-0.39, 0.29) is 0 Å². The molecule has 0 aliphatic rings. The lowest BCUT2D eigenvalue weighted by Crippen LogP contribution is -2.15. The van der Waals surface area contributed by atoms with Crippen molar-refractivity contribution in [3.8, 4) is 0 Å². The number of hydrogen-bond acceptors (Lipinski definition) is 6. The second kappa shape index (κ2) is 4.45. The van der Waals surface area contributed by atoms with Crippen LogP contribution in [-0.4, -0.2) is 41.7 Å². The van der Waals surface area contributed by atoms with Crippen molar-refractivity contribution in [3.05, 3.63) is 0 Å². The van der Waals surface area contributed by atoms with Gasteiger partial charge in [0.05, 0.1) is 18.6 Å². The summed E-state index contributed by atoms with van der Waals surface area (Å²) in [6, 6.07) is 0. The molecule has 0 aromatic carbocycles. The molecule has 0 heterocycles. The van der Waals surface area contributed by atoms with Crippen LogP contribution in [0.15, 0.2) is 0 Å². The van der Waals surface area contributed by atoms with Gasteiger partial charge in [-0.3, -0.25) is 4.18 Å². The van der Waals surface area contributed by atoms with Crippen LogP contribution in [0.3, 0.4) is 0 Å². The average molecular weight is 234 g/mol. The second-order valence-corrected chi connectivity index (χ2v) is 8.09. The molecule has 0 fully saturated rings. The van der Waals surface area contributed by atoms with Crippen molar-refractivity contribution >= 4 is 29.8 Å². The Hall–Kier alpha value is 0.210. The van der Waals surface area contributed by atoms with Crippen LogP contribution in [0.5, 0.6) is 0 Å². The highest BCUT2D eigenvalue weighted by Crippen LogP contribution is 2.08. The smallest absolute Gasteiger partial charge is 0.268 e. The molecular formula is C4H10O5S3. The summed E-state index contributed by atoms with van der Waals surface area (Å²) in [5.41, 5.74) is 0. The molecule has 0 radical (unpaired) electrons. The van der Waals surface area contributed by atoms with E-state index in [0.29, 0.717) is 10.8 Å². The molecule has 0 atom stereocenters. The van der Waals surface area contributed by atoms with Crippen LogP contribution >= 0.6 is 10.8 Å². The Morgan fingerprint density at radius 1 is 1.17 bits per heavy atom. The van der Waals surface area contributed by atoms with E-state index < -0.39 is 30.5 Å². The summed E-state index contributed by atoms with van der Waals surface area (Å²) in [5.74, 6) is -0.906. The highest BCUT2D eigenvalue weighted by molar-refractivity contribution is 8.71. The van der Waals surface area contributed by atoms with Crippen LogP contribution < -0.4 is 0 Å². The Balaban J connectivity index is 4.20. The van der Waals surface area contributed by atoms with Gasteiger partial charge in [0.15, 0.2) is 0 Å². The molecule has 0 saturated heterocycles. The van der Waals surface area contributed by atoms with Crippen LogP contribution in [0.1, 0.15) is 0 Å². The largest absolute Gasteiger partial charge is 0.273 e. The number of rotatable bonds is 5. The third-order valence-electron chi connectivity index (χ3n) is 1.09. The van der Waals surface area contributed by atoms with E-state index >= 15 is 0 Å². The molecule has 0 aliphatic heterocycles. The summed E-state index contributed by atoms with van der Waals surface area (Å²) in [7, 11) is -5.33. The molecule has 0 saturated carbocycles. The Morgan fingerprint density at radius 3 is 2.00 bits per heavy atom. The Labute approximate surface area is 75.9 Å². The predicted molar refractivity (Wildman–Crippen MR) is 48.1 cm³/mol. The SMILES string of the molecule is COS(=O)(=O)CCS(=O)(=O)SC. The third kappa shape index (κ3) is 4.96. The minimum absolute atomic E-state index is 0.412. The van der Waals surface area contributed by atoms with E-state index in [1.54, 1.807) is 0 Å². The van der Waals surface area contributed by atoms with Crippen LogP contribution in [0.4, 0.5) is 0 Å². The zero-order chi connectivity index (χ0) is 9.83. The first-order valence-corrected chi connectivity index (χ1v) is 7.87. The first-order valence-electron chi connectivity index (χ1n) is 2.89. The van der Waals surface area contributed by atoms with Gasteiger partial charge in [-0.05, 0) is 17.0 Å². The van der Waals surface area contributed by atoms with E-state index in [0.717, 1.165) is 7.11 Å². The minimum atomic E-state index is -3.66. The first kappa shape index (κ1) is 12.2. The molecule has 0 aliphatic carbocycles. The van der Waals surface area contributed by atoms with Gasteiger partial charge in [-0.25, -0.2) is 8.42 Å². The Kier molecular flexibility index (Phi) is 4.53. The summed E-state index contributed by atoms with van der Waals surface area (Å²) in [4.78, 5) is 0. The van der Waals surface area contributed by atoms with Gasteiger partial charge in [-0.2, -0.15) is 8.42 Å². The van der Waals surface area contributed by atoms with E-state index in [1.165, 1.54) is 6.26 Å². The van der Waals surface area contributed by atoms with E-state index in [9.17, 15) is 16.8 Å². The van der Waals surface area contributed by atoms with Gasteiger partial charge >= 0.3 is 0 Å². The lowest BCUT2D eigenvalue weighted by atomic mass is 11.0. The van der Waals surface area contributed by atoms with Crippen molar-refractivity contribution in [1.29, 1.82) is 0 Å². The highest BCUT2D eigenvalue weighted by Gasteiger charge is 2.15. The summed E-state index contributed by atoms with van der Waals surface area (Å²) < 4.78 is 47.0. The van der Waals surface area contributed by atoms with Gasteiger partial charge in [-0.15, -0.1) is 0 Å². The number of hydrogen-bond donors (Lipinski definition) is 0. The lowest BCUT2D eigenvalue weighted by Gasteiger charge is -2.00. The van der Waals surface area contributed by atoms with Crippen LogP contribution in [0, 0.1) is 0 Å². The topological polar surface area (TPSA) is 77.5 Å². The van der Waals surface area contributed by atoms with Crippen LogP contribution in [-0.2, 0) is 23.2 Å². The standard InChI is InChI=1S/C4H10O5S3/c1-9-11(5,6)3-4-12(7,8)10-2/h3-4H2,1-2H3. The molecule has 8 heteroatoms. The third-order valence-corrected chi connectivity index (χ3v) is 5.80. The van der Waals surface area contributed by atoms with E-state index in [4.69, 9.17) is 0 Å². The van der Waals surface area contributed by atoms with Gasteiger partial charge in [0.1, 0.15) is 0 Å². The molecule has 74 valence electrons. The van der Waals surface area contributed by atoms with Crippen molar-refractivity contribution in [2.75, 3.05) is 24.9 Å². The second-order valence-electron chi connectivity index (χ2n) is 1.86. The summed E-state index contributed by atoms with van der Waals surface area (Å²) in [5, 5.41) is 0. The fourth-order valence-electron chi connectivity index (χ4n) is 0.371. The molecular weight excluding hydrogens is 224 g/mol. The fraction of sp³-hybridized carbons (Fsp3) is 1.00. The Bertz CT molecular complexity index is 279. The molecule has 12 heavy (non-hydrogen) atoms. The minimum Gasteiger partial charge on any atom is -0.273 e. The average Bonchev–Trinajstić information content (AvgIpc) is 2.02. The summed E-state index contributed by atoms with van der Waals surface area (Å²) >= 11 is 0. The Morgan fingerprint density at radius 2 is 1.67 bits per heavy atom. The zero-order valence-corrected chi connectivity index (χ0v) is 9.13. The molecule has 0 bridgehead atoms. The molecule has 0 N–H and O–H groups in total. The van der Waals surface area contributed by atoms with Gasteiger partial charge in [0.2, 0.25) is 8.87 Å². The van der Waals surface area contributed by atoms with Crippen molar-refractivity contribution < 1.29 is 21.0 Å². The molecule has 0 rings (SSSR count). The van der Waals surface area contributed by atoms with Crippen LogP contribution in [0.25, 0.3) is 0 Å². The lowest BCUT2D eigenvalue weighted by molar-refractivity contribution is 0.399. The normalized spacial score (nSPS) is 13.2. The monoisotopic (exact) mass is 234 g/mol. The maximum atomic E-state index is 10.8. The van der Waals surface area contributed by atoms with Gasteiger partial charge in [0, 0.05) is 0 Å². The van der Waals surface area contributed by atoms with Gasteiger partial charge in [0.25, 0.3) is 10.1 Å². The molecule has 0 aromatic rings. The first-order chi connectivity index (χ1) is 5.33. The van der Waals surface area contributed by atoms with Crippen molar-refractivity contribution in [3.63, 3.8) is 0 Å².